The van der Waals surface area contributed by atoms with E-state index in [9.17, 15) is 0 Å². The lowest BCUT2D eigenvalue weighted by Gasteiger charge is -2.62. The highest BCUT2D eigenvalue weighted by Gasteiger charge is 2.42. The van der Waals surface area contributed by atoms with Gasteiger partial charge in [0, 0.05) is 59.7 Å². The average molecular weight is 891 g/mol. The maximum atomic E-state index is 15.2. The second-order valence-corrected chi connectivity index (χ2v) is 19.9. The van der Waals surface area contributed by atoms with E-state index in [4.69, 9.17) is 11.5 Å². The highest BCUT2D eigenvalue weighted by Crippen LogP contribution is 2.54. The second-order valence-electron chi connectivity index (χ2n) is 19.9. The van der Waals surface area contributed by atoms with E-state index in [2.05, 4.69) is 122 Å². The highest BCUT2D eigenvalue weighted by molar-refractivity contribution is 6.09. The lowest BCUT2D eigenvalue weighted by molar-refractivity contribution is -0.535. The quantitative estimate of drug-likeness (QED) is 0.0289. The van der Waals surface area contributed by atoms with Gasteiger partial charge in [-0.15, -0.1) is 12.2 Å². The molecule has 0 radical (unpaired) electrons. The summed E-state index contributed by atoms with van der Waals surface area (Å²) in [5.41, 5.74) is 19.3. The van der Waals surface area contributed by atoms with Gasteiger partial charge in [-0.05, 0) is 117 Å². The minimum Gasteiger partial charge on any atom is -0.851 e. The van der Waals surface area contributed by atoms with Crippen LogP contribution < -0.4 is 31.5 Å². The number of unbranched alkanes of at least 4 members (excludes halogenated alkanes) is 16. The number of nitrogen functional groups attached to an aromatic ring is 2. The number of hydrogen-bond acceptors (Lipinski definition) is 6. The fraction of sp³-hybridized carbons (Fsp3) is 0.533. The van der Waals surface area contributed by atoms with Crippen molar-refractivity contribution in [2.75, 3.05) is 47.4 Å². The van der Waals surface area contributed by atoms with Crippen LogP contribution in [0, 0.1) is 0 Å². The van der Waals surface area contributed by atoms with Crippen molar-refractivity contribution in [3.8, 4) is 0 Å². The molecular weight excluding hydrogens is 809 g/mol. The fourth-order valence-corrected chi connectivity index (χ4v) is 11.2. The van der Waals surface area contributed by atoms with E-state index in [1.807, 2.05) is 0 Å². The average Bonchev–Trinajstić information content (AvgIpc) is 3.33. The summed E-state index contributed by atoms with van der Waals surface area (Å²) < 4.78 is 0. The SMILES string of the molecule is CCCCCCCN(CCCCCCC)c1cc(N)c(C2C([O-])C(c3c(N)cc(N(CCCCCCC)CCCCCCC)c4cc5ccccc5cc34)C2[O-])c2cc3ccccc3cc12. The first-order valence-electron chi connectivity index (χ1n) is 26.6. The number of hydrogen-bond donors (Lipinski definition) is 2. The number of nitrogens with zero attached hydrogens (tertiary/aromatic N) is 2. The smallest absolute Gasteiger partial charge is 0.0466 e. The van der Waals surface area contributed by atoms with Gasteiger partial charge in [0.15, 0.2) is 0 Å². The Kier molecular flexibility index (Phi) is 18.3. The van der Waals surface area contributed by atoms with E-state index >= 15 is 10.2 Å². The van der Waals surface area contributed by atoms with E-state index < -0.39 is 24.0 Å². The zero-order valence-corrected chi connectivity index (χ0v) is 41.2. The van der Waals surface area contributed by atoms with Crippen LogP contribution in [0.1, 0.15) is 179 Å². The van der Waals surface area contributed by atoms with Crippen molar-refractivity contribution < 1.29 is 10.2 Å². The van der Waals surface area contributed by atoms with Gasteiger partial charge in [-0.3, -0.25) is 0 Å². The third kappa shape index (κ3) is 11.4. The molecule has 66 heavy (non-hydrogen) atoms. The molecule has 1 aliphatic rings. The lowest BCUT2D eigenvalue weighted by atomic mass is 9.61. The van der Waals surface area contributed by atoms with Crippen molar-refractivity contribution in [3.05, 3.63) is 96.1 Å². The highest BCUT2D eigenvalue weighted by atomic mass is 16.3. The number of anilines is 4. The van der Waals surface area contributed by atoms with Gasteiger partial charge in [-0.1, -0.05) is 179 Å². The van der Waals surface area contributed by atoms with Crippen molar-refractivity contribution in [2.24, 2.45) is 0 Å². The van der Waals surface area contributed by atoms with E-state index in [0.717, 1.165) is 117 Å². The van der Waals surface area contributed by atoms with E-state index in [0.29, 0.717) is 11.4 Å². The zero-order chi connectivity index (χ0) is 46.4. The summed E-state index contributed by atoms with van der Waals surface area (Å²) in [6, 6.07) is 30.1. The van der Waals surface area contributed by atoms with Gasteiger partial charge in [0.1, 0.15) is 0 Å². The van der Waals surface area contributed by atoms with Crippen LogP contribution in [0.3, 0.4) is 0 Å². The standard InChI is InChI=1S/C60H82N4O2/c1-5-9-13-17-25-33-63(34-26-18-14-10-6-2)53-41-51(61)55(49-39-45-31-23-21-29-43(45)37-47(49)53)57-59(65)58(60(57)66)56-50-40-46-32-24-22-30-44(46)38-48(50)54(42-52(56)62)64(35-27-19-15-11-7-3)36-28-20-16-12-8-4/h21-24,29-32,37-42,57-60H,5-20,25-28,33-36,61-62H2,1-4H3/q-2. The molecule has 0 unspecified atom stereocenters. The van der Waals surface area contributed by atoms with Crippen molar-refractivity contribution in [2.45, 2.75) is 180 Å². The molecule has 0 bridgehead atoms. The molecule has 6 nitrogen and oxygen atoms in total. The van der Waals surface area contributed by atoms with Gasteiger partial charge in [-0.2, -0.15) is 0 Å². The summed E-state index contributed by atoms with van der Waals surface area (Å²) in [5.74, 6) is -1.58. The summed E-state index contributed by atoms with van der Waals surface area (Å²) in [6.45, 7) is 12.9. The molecule has 356 valence electrons. The third-order valence-corrected chi connectivity index (χ3v) is 15.0. The summed E-state index contributed by atoms with van der Waals surface area (Å²) in [6.07, 6.45) is 21.9. The zero-order valence-electron chi connectivity index (χ0n) is 41.2. The van der Waals surface area contributed by atoms with Crippen molar-refractivity contribution in [1.82, 2.24) is 0 Å². The van der Waals surface area contributed by atoms with E-state index in [1.54, 1.807) is 0 Å². The van der Waals surface area contributed by atoms with Gasteiger partial charge >= 0.3 is 0 Å². The van der Waals surface area contributed by atoms with Crippen LogP contribution in [-0.4, -0.2) is 38.4 Å². The Morgan fingerprint density at radius 2 is 0.652 bits per heavy atom. The first-order chi connectivity index (χ1) is 32.3. The molecule has 0 spiro atoms. The minimum absolute atomic E-state index is 0.563. The van der Waals surface area contributed by atoms with Gasteiger partial charge in [-0.25, -0.2) is 0 Å². The van der Waals surface area contributed by atoms with Gasteiger partial charge in [0.05, 0.1) is 0 Å². The van der Waals surface area contributed by atoms with Crippen molar-refractivity contribution >= 4 is 65.8 Å². The summed E-state index contributed by atoms with van der Waals surface area (Å²) in [7, 11) is 0. The first-order valence-corrected chi connectivity index (χ1v) is 26.6. The minimum atomic E-state index is -1.19. The molecule has 0 aliphatic heterocycles. The normalized spacial score (nSPS) is 17.3. The maximum absolute atomic E-state index is 15.2. The molecule has 0 atom stereocenters. The van der Waals surface area contributed by atoms with Gasteiger partial charge in [0.25, 0.3) is 0 Å². The van der Waals surface area contributed by atoms with Crippen molar-refractivity contribution in [1.29, 1.82) is 0 Å². The molecule has 0 amide bonds. The number of benzene rings is 6. The Morgan fingerprint density at radius 1 is 0.379 bits per heavy atom. The predicted molar refractivity (Wildman–Crippen MR) is 284 cm³/mol. The number of nitrogens with two attached hydrogens (primary N) is 2. The van der Waals surface area contributed by atoms with Crippen LogP contribution in [0.15, 0.2) is 84.9 Å². The summed E-state index contributed by atoms with van der Waals surface area (Å²) >= 11 is 0. The molecule has 6 aromatic carbocycles. The van der Waals surface area contributed by atoms with E-state index in [1.165, 1.54) is 103 Å². The molecule has 0 aromatic heterocycles. The third-order valence-electron chi connectivity index (χ3n) is 15.0. The topological polar surface area (TPSA) is 105 Å². The Balaban J connectivity index is 1.28. The fourth-order valence-electron chi connectivity index (χ4n) is 11.2. The Hall–Kier alpha value is -4.52. The number of rotatable bonds is 28. The molecular formula is C60H82N4O2-2. The first kappa shape index (κ1) is 49.4. The van der Waals surface area contributed by atoms with E-state index in [-0.39, 0.29) is 0 Å². The summed E-state index contributed by atoms with van der Waals surface area (Å²) in [4.78, 5) is 5.11. The Morgan fingerprint density at radius 3 is 0.939 bits per heavy atom. The lowest BCUT2D eigenvalue weighted by Crippen LogP contribution is -2.64. The predicted octanol–water partition coefficient (Wildman–Crippen LogP) is 14.3. The maximum Gasteiger partial charge on any atom is 0.0466 e. The molecule has 7 rings (SSSR count). The van der Waals surface area contributed by atoms with Crippen molar-refractivity contribution in [3.63, 3.8) is 0 Å². The van der Waals surface area contributed by atoms with Crippen LogP contribution in [0.5, 0.6) is 0 Å². The Labute approximate surface area is 398 Å². The largest absolute Gasteiger partial charge is 0.851 e. The van der Waals surface area contributed by atoms with Gasteiger partial charge in [0.2, 0.25) is 0 Å². The molecule has 1 saturated carbocycles. The molecule has 6 aromatic rings. The van der Waals surface area contributed by atoms with Crippen LogP contribution in [0.2, 0.25) is 0 Å². The van der Waals surface area contributed by atoms with Crippen LogP contribution in [0.4, 0.5) is 22.7 Å². The molecule has 0 heterocycles. The second kappa shape index (κ2) is 24.5. The molecule has 0 saturated heterocycles. The van der Waals surface area contributed by atoms with Crippen LogP contribution in [-0.2, 0) is 0 Å². The monoisotopic (exact) mass is 891 g/mol. The summed E-state index contributed by atoms with van der Waals surface area (Å²) in [5, 5.41) is 38.9. The number of fused-ring (bicyclic) bond motifs is 4. The van der Waals surface area contributed by atoms with Crippen LogP contribution >= 0.6 is 0 Å². The van der Waals surface area contributed by atoms with Crippen LogP contribution in [0.25, 0.3) is 43.1 Å². The van der Waals surface area contributed by atoms with Gasteiger partial charge < -0.3 is 31.5 Å². The molecule has 1 aliphatic carbocycles. The molecule has 4 N–H and O–H groups in total. The molecule has 1 fully saturated rings. The Bertz CT molecular complexity index is 2260. The molecule has 6 heteroatoms.